The molecule has 0 fully saturated rings. The quantitative estimate of drug-likeness (QED) is 0.595. The van der Waals surface area contributed by atoms with E-state index >= 15 is 0 Å². The van der Waals surface area contributed by atoms with Crippen molar-refractivity contribution in [2.24, 2.45) is 0 Å². The van der Waals surface area contributed by atoms with Crippen LogP contribution in [0, 0.1) is 0 Å². The molecule has 0 N–H and O–H groups in total. The summed E-state index contributed by atoms with van der Waals surface area (Å²) in [5.41, 5.74) is 0. The fraction of sp³-hybridized carbons (Fsp3) is 0.286. The lowest BCUT2D eigenvalue weighted by Gasteiger charge is -2.12. The molecule has 0 amide bonds. The van der Waals surface area contributed by atoms with Crippen LogP contribution < -0.4 is 0 Å². The fourth-order valence-electron chi connectivity index (χ4n) is 1.65. The number of methoxy groups -OCH3 is 2. The Labute approximate surface area is 106 Å². The molecule has 0 bridgehead atoms. The molecule has 0 atom stereocenters. The van der Waals surface area contributed by atoms with Crippen LogP contribution in [-0.4, -0.2) is 26.3 Å². The summed E-state index contributed by atoms with van der Waals surface area (Å²) < 4.78 is 10.3. The van der Waals surface area contributed by atoms with E-state index in [1.54, 1.807) is 26.0 Å². The molecule has 0 saturated heterocycles. The summed E-state index contributed by atoms with van der Waals surface area (Å²) in [5.74, 6) is 0.797. The van der Waals surface area contributed by atoms with Gasteiger partial charge in [-0.05, 0) is 22.9 Å². The monoisotopic (exact) mass is 248 g/mol. The van der Waals surface area contributed by atoms with Crippen LogP contribution in [-0.2, 0) is 9.47 Å². The summed E-state index contributed by atoms with van der Waals surface area (Å²) in [6.45, 7) is 0. The van der Waals surface area contributed by atoms with E-state index in [0.717, 1.165) is 5.75 Å². The summed E-state index contributed by atoms with van der Waals surface area (Å²) >= 11 is 1.74. The van der Waals surface area contributed by atoms with Gasteiger partial charge >= 0.3 is 0 Å². The summed E-state index contributed by atoms with van der Waals surface area (Å²) in [6, 6.07) is 14.8. The average molecular weight is 248 g/mol. The second-order valence-corrected chi connectivity index (χ2v) is 4.81. The Hall–Kier alpha value is -1.03. The van der Waals surface area contributed by atoms with Crippen LogP contribution in [0.5, 0.6) is 0 Å². The number of fused-ring (bicyclic) bond motifs is 1. The molecule has 0 aliphatic heterocycles. The zero-order valence-electron chi connectivity index (χ0n) is 10.1. The van der Waals surface area contributed by atoms with Gasteiger partial charge in [-0.25, -0.2) is 0 Å². The van der Waals surface area contributed by atoms with Crippen LogP contribution in [0.15, 0.2) is 47.4 Å². The van der Waals surface area contributed by atoms with Gasteiger partial charge in [0, 0.05) is 24.9 Å². The highest BCUT2D eigenvalue weighted by Gasteiger charge is 2.05. The highest BCUT2D eigenvalue weighted by atomic mass is 32.2. The highest BCUT2D eigenvalue weighted by molar-refractivity contribution is 7.99. The van der Waals surface area contributed by atoms with E-state index in [1.165, 1.54) is 15.7 Å². The SMILES string of the molecule is COC(CSc1ccc2ccccc2c1)OC. The van der Waals surface area contributed by atoms with E-state index in [0.29, 0.717) is 0 Å². The molecule has 0 aromatic heterocycles. The first-order valence-corrected chi connectivity index (χ1v) is 6.49. The number of thioether (sulfide) groups is 1. The van der Waals surface area contributed by atoms with Gasteiger partial charge in [-0.3, -0.25) is 0 Å². The number of rotatable bonds is 5. The standard InChI is InChI=1S/C14H16O2S/c1-15-14(16-2)10-17-13-8-7-11-5-3-4-6-12(11)9-13/h3-9,14H,10H2,1-2H3. The molecule has 90 valence electrons. The maximum atomic E-state index is 5.17. The highest BCUT2D eigenvalue weighted by Crippen LogP contribution is 2.24. The van der Waals surface area contributed by atoms with Crippen molar-refractivity contribution in [3.05, 3.63) is 42.5 Å². The minimum atomic E-state index is -0.147. The van der Waals surface area contributed by atoms with Gasteiger partial charge in [-0.1, -0.05) is 30.3 Å². The van der Waals surface area contributed by atoms with Gasteiger partial charge < -0.3 is 9.47 Å². The normalized spacial score (nSPS) is 11.2. The van der Waals surface area contributed by atoms with Gasteiger partial charge in [0.25, 0.3) is 0 Å². The first-order valence-electron chi connectivity index (χ1n) is 5.50. The molecule has 2 aromatic carbocycles. The second kappa shape index (κ2) is 6.05. The van der Waals surface area contributed by atoms with E-state index in [2.05, 4.69) is 42.5 Å². The van der Waals surface area contributed by atoms with E-state index in [1.807, 2.05) is 0 Å². The molecule has 0 aliphatic rings. The first-order chi connectivity index (χ1) is 8.33. The van der Waals surface area contributed by atoms with Gasteiger partial charge in [0.15, 0.2) is 6.29 Å². The molecule has 17 heavy (non-hydrogen) atoms. The number of hydrogen-bond donors (Lipinski definition) is 0. The maximum Gasteiger partial charge on any atom is 0.166 e. The minimum absolute atomic E-state index is 0.147. The summed E-state index contributed by atoms with van der Waals surface area (Å²) in [5, 5.41) is 2.54. The van der Waals surface area contributed by atoms with E-state index < -0.39 is 0 Å². The topological polar surface area (TPSA) is 18.5 Å². The maximum absolute atomic E-state index is 5.17. The van der Waals surface area contributed by atoms with Gasteiger partial charge in [-0.2, -0.15) is 0 Å². The Morgan fingerprint density at radius 3 is 2.41 bits per heavy atom. The van der Waals surface area contributed by atoms with Crippen molar-refractivity contribution in [1.29, 1.82) is 0 Å². The predicted molar refractivity (Wildman–Crippen MR) is 72.5 cm³/mol. The van der Waals surface area contributed by atoms with Crippen molar-refractivity contribution >= 4 is 22.5 Å². The van der Waals surface area contributed by atoms with E-state index in [9.17, 15) is 0 Å². The number of benzene rings is 2. The van der Waals surface area contributed by atoms with Crippen molar-refractivity contribution in [3.63, 3.8) is 0 Å². The largest absolute Gasteiger partial charge is 0.355 e. The summed E-state index contributed by atoms with van der Waals surface area (Å²) in [7, 11) is 3.32. The van der Waals surface area contributed by atoms with Crippen LogP contribution in [0.1, 0.15) is 0 Å². The molecule has 0 spiro atoms. The Morgan fingerprint density at radius 2 is 1.71 bits per heavy atom. The molecule has 3 heteroatoms. The smallest absolute Gasteiger partial charge is 0.166 e. The van der Waals surface area contributed by atoms with E-state index in [-0.39, 0.29) is 6.29 Å². The van der Waals surface area contributed by atoms with Crippen molar-refractivity contribution in [2.75, 3.05) is 20.0 Å². The molecule has 0 heterocycles. The lowest BCUT2D eigenvalue weighted by atomic mass is 10.1. The molecule has 0 saturated carbocycles. The lowest BCUT2D eigenvalue weighted by molar-refractivity contribution is -0.0842. The molecule has 2 nitrogen and oxygen atoms in total. The van der Waals surface area contributed by atoms with Crippen molar-refractivity contribution in [3.8, 4) is 0 Å². The lowest BCUT2D eigenvalue weighted by Crippen LogP contribution is -2.15. The predicted octanol–water partition coefficient (Wildman–Crippen LogP) is 3.55. The van der Waals surface area contributed by atoms with Crippen molar-refractivity contribution < 1.29 is 9.47 Å². The van der Waals surface area contributed by atoms with Crippen LogP contribution in [0.25, 0.3) is 10.8 Å². The third-order valence-electron chi connectivity index (χ3n) is 2.63. The number of hydrogen-bond acceptors (Lipinski definition) is 3. The van der Waals surface area contributed by atoms with Crippen LogP contribution in [0.3, 0.4) is 0 Å². The van der Waals surface area contributed by atoms with Crippen LogP contribution in [0.2, 0.25) is 0 Å². The first kappa shape index (κ1) is 12.4. The average Bonchev–Trinajstić information content (AvgIpc) is 2.40. The molecular formula is C14H16O2S. The van der Waals surface area contributed by atoms with Crippen LogP contribution >= 0.6 is 11.8 Å². The van der Waals surface area contributed by atoms with Crippen molar-refractivity contribution in [1.82, 2.24) is 0 Å². The minimum Gasteiger partial charge on any atom is -0.355 e. The Bertz CT molecular complexity index is 480. The molecule has 0 unspecified atom stereocenters. The molecule has 0 aliphatic carbocycles. The van der Waals surface area contributed by atoms with Gasteiger partial charge in [0.1, 0.15) is 0 Å². The van der Waals surface area contributed by atoms with Crippen molar-refractivity contribution in [2.45, 2.75) is 11.2 Å². The van der Waals surface area contributed by atoms with Crippen LogP contribution in [0.4, 0.5) is 0 Å². The molecular weight excluding hydrogens is 232 g/mol. The number of ether oxygens (including phenoxy) is 2. The molecule has 2 aromatic rings. The zero-order valence-corrected chi connectivity index (χ0v) is 10.9. The molecule has 2 rings (SSSR count). The zero-order chi connectivity index (χ0) is 12.1. The Morgan fingerprint density at radius 1 is 1.00 bits per heavy atom. The Kier molecular flexibility index (Phi) is 4.42. The van der Waals surface area contributed by atoms with E-state index in [4.69, 9.17) is 9.47 Å². The Balaban J connectivity index is 2.09. The molecule has 0 radical (unpaired) electrons. The summed E-state index contributed by atoms with van der Waals surface area (Å²) in [6.07, 6.45) is -0.147. The van der Waals surface area contributed by atoms with Gasteiger partial charge in [0.2, 0.25) is 0 Å². The summed E-state index contributed by atoms with van der Waals surface area (Å²) in [4.78, 5) is 1.24. The second-order valence-electron chi connectivity index (χ2n) is 3.72. The van der Waals surface area contributed by atoms with Gasteiger partial charge in [-0.15, -0.1) is 11.8 Å². The third-order valence-corrected chi connectivity index (χ3v) is 3.66. The third kappa shape index (κ3) is 3.22. The van der Waals surface area contributed by atoms with Gasteiger partial charge in [0.05, 0.1) is 0 Å². The fourth-order valence-corrected chi connectivity index (χ4v) is 2.63.